The largest absolute Gasteiger partial charge is 0.411 e. The summed E-state index contributed by atoms with van der Waals surface area (Å²) in [6.07, 6.45) is 0.624. The molecule has 8 nitrogen and oxygen atoms in total. The maximum atomic E-state index is 12.3. The van der Waals surface area contributed by atoms with E-state index in [-0.39, 0.29) is 12.3 Å². The number of carbonyl (C=O) groups is 1. The van der Waals surface area contributed by atoms with E-state index in [0.717, 1.165) is 22.4 Å². The maximum absolute atomic E-state index is 12.3. The van der Waals surface area contributed by atoms with Crippen LogP contribution >= 0.6 is 11.8 Å². The van der Waals surface area contributed by atoms with Crippen molar-refractivity contribution in [2.75, 3.05) is 5.32 Å². The summed E-state index contributed by atoms with van der Waals surface area (Å²) in [6.45, 7) is 3.95. The number of benzene rings is 2. The van der Waals surface area contributed by atoms with Gasteiger partial charge >= 0.3 is 0 Å². The van der Waals surface area contributed by atoms with Crippen molar-refractivity contribution in [3.8, 4) is 11.5 Å². The molecular weight excluding hydrogens is 414 g/mol. The van der Waals surface area contributed by atoms with Crippen molar-refractivity contribution in [1.29, 1.82) is 0 Å². The number of nitrogens with one attached hydrogen (secondary N) is 1. The third-order valence-electron chi connectivity index (χ3n) is 4.50. The molecule has 0 aliphatic heterocycles. The van der Waals surface area contributed by atoms with Crippen LogP contribution in [-0.2, 0) is 17.0 Å². The van der Waals surface area contributed by atoms with Crippen LogP contribution in [0.1, 0.15) is 29.3 Å². The Morgan fingerprint density at radius 3 is 2.77 bits per heavy atom. The Labute approximate surface area is 183 Å². The summed E-state index contributed by atoms with van der Waals surface area (Å²) < 4.78 is 10.9. The zero-order chi connectivity index (χ0) is 21.6. The van der Waals surface area contributed by atoms with E-state index in [1.54, 1.807) is 0 Å². The molecule has 0 atom stereocenters. The first kappa shape index (κ1) is 20.8. The van der Waals surface area contributed by atoms with Crippen molar-refractivity contribution in [3.63, 3.8) is 0 Å². The summed E-state index contributed by atoms with van der Waals surface area (Å²) in [5.41, 5.74) is 3.80. The fourth-order valence-electron chi connectivity index (χ4n) is 2.85. The van der Waals surface area contributed by atoms with Gasteiger partial charge in [0.2, 0.25) is 17.7 Å². The number of hydrogen-bond donors (Lipinski definition) is 1. The molecule has 2 heterocycles. The van der Waals surface area contributed by atoms with Gasteiger partial charge in [-0.3, -0.25) is 4.79 Å². The average molecular weight is 436 g/mol. The summed E-state index contributed by atoms with van der Waals surface area (Å²) in [5, 5.41) is 15.4. The maximum Gasteiger partial charge on any atom is 0.277 e. The Morgan fingerprint density at radius 2 is 1.94 bits per heavy atom. The van der Waals surface area contributed by atoms with Gasteiger partial charge in [-0.15, -0.1) is 10.2 Å². The molecule has 2 aromatic carbocycles. The fraction of sp³-hybridized carbons (Fsp3) is 0.227. The molecule has 0 aliphatic carbocycles. The number of aromatic nitrogens is 4. The molecule has 158 valence electrons. The molecule has 0 aliphatic rings. The summed E-state index contributed by atoms with van der Waals surface area (Å²) >= 11 is 1.33. The Bertz CT molecular complexity index is 1170. The smallest absolute Gasteiger partial charge is 0.277 e. The van der Waals surface area contributed by atoms with Gasteiger partial charge in [-0.2, -0.15) is 4.98 Å². The lowest BCUT2D eigenvalue weighted by Gasteiger charge is -2.08. The van der Waals surface area contributed by atoms with Gasteiger partial charge in [0.25, 0.3) is 5.22 Å². The quantitative estimate of drug-likeness (QED) is 0.400. The van der Waals surface area contributed by atoms with E-state index in [2.05, 4.69) is 25.7 Å². The zero-order valence-corrected chi connectivity index (χ0v) is 18.0. The molecule has 4 rings (SSSR count). The van der Waals surface area contributed by atoms with Crippen molar-refractivity contribution < 1.29 is 13.7 Å². The van der Waals surface area contributed by atoms with Crippen molar-refractivity contribution in [2.24, 2.45) is 0 Å². The van der Waals surface area contributed by atoms with E-state index in [0.29, 0.717) is 35.0 Å². The normalized spacial score (nSPS) is 10.9. The highest BCUT2D eigenvalue weighted by atomic mass is 32.2. The highest BCUT2D eigenvalue weighted by molar-refractivity contribution is 7.98. The predicted octanol–water partition coefficient (Wildman–Crippen LogP) is 4.60. The number of rotatable bonds is 8. The van der Waals surface area contributed by atoms with E-state index in [1.165, 1.54) is 11.8 Å². The SMILES string of the molecule is Cc1ccc(C)c(NC(=O)CCc2nc(CSc3nnc(-c4ccccc4)o3)no2)c1. The fourth-order valence-corrected chi connectivity index (χ4v) is 3.45. The lowest BCUT2D eigenvalue weighted by Crippen LogP contribution is -2.13. The summed E-state index contributed by atoms with van der Waals surface area (Å²) in [7, 11) is 0. The van der Waals surface area contributed by atoms with Crippen LogP contribution in [0, 0.1) is 13.8 Å². The van der Waals surface area contributed by atoms with E-state index >= 15 is 0 Å². The molecule has 0 radical (unpaired) electrons. The second kappa shape index (κ2) is 9.57. The highest BCUT2D eigenvalue weighted by Gasteiger charge is 2.13. The van der Waals surface area contributed by atoms with Gasteiger partial charge in [0.15, 0.2) is 5.82 Å². The number of aryl methyl sites for hydroxylation is 3. The highest BCUT2D eigenvalue weighted by Crippen LogP contribution is 2.25. The van der Waals surface area contributed by atoms with Crippen molar-refractivity contribution in [3.05, 3.63) is 71.4 Å². The van der Waals surface area contributed by atoms with Crippen LogP contribution in [0.15, 0.2) is 62.7 Å². The molecule has 31 heavy (non-hydrogen) atoms. The first-order valence-corrected chi connectivity index (χ1v) is 10.8. The monoisotopic (exact) mass is 435 g/mol. The van der Waals surface area contributed by atoms with Crippen LogP contribution in [0.5, 0.6) is 0 Å². The van der Waals surface area contributed by atoms with Gasteiger partial charge in [0.05, 0.1) is 5.75 Å². The number of hydrogen-bond acceptors (Lipinski definition) is 8. The van der Waals surface area contributed by atoms with Gasteiger partial charge < -0.3 is 14.3 Å². The van der Waals surface area contributed by atoms with Crippen LogP contribution < -0.4 is 5.32 Å². The van der Waals surface area contributed by atoms with E-state index in [4.69, 9.17) is 8.94 Å². The van der Waals surface area contributed by atoms with Crippen molar-refractivity contribution >= 4 is 23.4 Å². The Hall–Kier alpha value is -3.46. The number of carbonyl (C=O) groups excluding carboxylic acids is 1. The minimum absolute atomic E-state index is 0.0953. The lowest BCUT2D eigenvalue weighted by atomic mass is 10.1. The lowest BCUT2D eigenvalue weighted by molar-refractivity contribution is -0.116. The van der Waals surface area contributed by atoms with Crippen LogP contribution in [0.25, 0.3) is 11.5 Å². The molecule has 0 bridgehead atoms. The number of amides is 1. The first-order valence-electron chi connectivity index (χ1n) is 9.77. The van der Waals surface area contributed by atoms with Crippen molar-refractivity contribution in [2.45, 2.75) is 37.7 Å². The summed E-state index contributed by atoms with van der Waals surface area (Å²) in [5.74, 6) is 1.72. The topological polar surface area (TPSA) is 107 Å². The van der Waals surface area contributed by atoms with Crippen molar-refractivity contribution in [1.82, 2.24) is 20.3 Å². The number of nitrogens with zero attached hydrogens (tertiary/aromatic N) is 4. The Balaban J connectivity index is 1.26. The minimum Gasteiger partial charge on any atom is -0.411 e. The molecule has 0 unspecified atom stereocenters. The van der Waals surface area contributed by atoms with E-state index < -0.39 is 0 Å². The molecule has 0 saturated carbocycles. The first-order chi connectivity index (χ1) is 15.1. The van der Waals surface area contributed by atoms with Gasteiger partial charge in [0, 0.05) is 24.1 Å². The molecular formula is C22H21N5O3S. The van der Waals surface area contributed by atoms with Gasteiger partial charge in [-0.25, -0.2) is 0 Å². The Morgan fingerprint density at radius 1 is 1.10 bits per heavy atom. The third kappa shape index (κ3) is 5.58. The number of thioether (sulfide) groups is 1. The summed E-state index contributed by atoms with van der Waals surface area (Å²) in [4.78, 5) is 16.6. The van der Waals surface area contributed by atoms with Crippen LogP contribution in [-0.4, -0.2) is 26.2 Å². The second-order valence-electron chi connectivity index (χ2n) is 7.00. The van der Waals surface area contributed by atoms with E-state index in [9.17, 15) is 4.79 Å². The minimum atomic E-state index is -0.0953. The molecule has 2 aromatic heterocycles. The zero-order valence-electron chi connectivity index (χ0n) is 17.2. The van der Waals surface area contributed by atoms with Crippen LogP contribution in [0.4, 0.5) is 5.69 Å². The van der Waals surface area contributed by atoms with Crippen LogP contribution in [0.3, 0.4) is 0 Å². The molecule has 1 amide bonds. The summed E-state index contributed by atoms with van der Waals surface area (Å²) in [6, 6.07) is 15.5. The molecule has 0 fully saturated rings. The standard InChI is InChI=1S/C22H21N5O3S/c1-14-8-9-15(2)17(12-14)23-19(28)10-11-20-24-18(27-30-20)13-31-22-26-25-21(29-22)16-6-4-3-5-7-16/h3-9,12H,10-11,13H2,1-2H3,(H,23,28). The van der Waals surface area contributed by atoms with Gasteiger partial charge in [-0.05, 0) is 43.2 Å². The third-order valence-corrected chi connectivity index (χ3v) is 5.31. The molecule has 0 spiro atoms. The predicted molar refractivity (Wildman–Crippen MR) is 116 cm³/mol. The van der Waals surface area contributed by atoms with E-state index in [1.807, 2.05) is 62.4 Å². The molecule has 1 N–H and O–H groups in total. The van der Waals surface area contributed by atoms with Crippen LogP contribution in [0.2, 0.25) is 0 Å². The van der Waals surface area contributed by atoms with Gasteiger partial charge in [0.1, 0.15) is 0 Å². The average Bonchev–Trinajstić information content (AvgIpc) is 3.43. The molecule has 0 saturated heterocycles. The molecule has 4 aromatic rings. The Kier molecular flexibility index (Phi) is 6.42. The molecule has 9 heteroatoms. The van der Waals surface area contributed by atoms with Gasteiger partial charge in [-0.1, -0.05) is 47.3 Å². The number of anilines is 1. The second-order valence-corrected chi connectivity index (χ2v) is 7.93.